The molecule has 2 aromatic rings. The molecule has 1 aliphatic heterocycles. The van der Waals surface area contributed by atoms with Gasteiger partial charge in [-0.2, -0.15) is 0 Å². The van der Waals surface area contributed by atoms with Crippen LogP contribution in [-0.2, 0) is 11.3 Å². The van der Waals surface area contributed by atoms with Gasteiger partial charge in [0.05, 0.1) is 11.2 Å². The summed E-state index contributed by atoms with van der Waals surface area (Å²) in [7, 11) is 0. The van der Waals surface area contributed by atoms with Crippen LogP contribution in [0.5, 0.6) is 0 Å². The van der Waals surface area contributed by atoms with Crippen molar-refractivity contribution in [3.8, 4) is 0 Å². The Morgan fingerprint density at radius 3 is 2.85 bits per heavy atom. The van der Waals surface area contributed by atoms with E-state index in [0.717, 1.165) is 25.2 Å². The molecular formula is C17H22N2O. The number of fused-ring (bicyclic) bond motifs is 1. The van der Waals surface area contributed by atoms with Gasteiger partial charge in [-0.1, -0.05) is 25.8 Å². The maximum absolute atomic E-state index is 12.0. The first-order valence-corrected chi connectivity index (χ1v) is 7.69. The second kappa shape index (κ2) is 5.70. The first-order valence-electron chi connectivity index (χ1n) is 7.69. The van der Waals surface area contributed by atoms with Gasteiger partial charge in [0.2, 0.25) is 5.91 Å². The molecular weight excluding hydrogens is 248 g/mol. The highest BCUT2D eigenvalue weighted by Crippen LogP contribution is 2.30. The average molecular weight is 270 g/mol. The average Bonchev–Trinajstić information content (AvgIpc) is 3.06. The van der Waals surface area contributed by atoms with Crippen LogP contribution < -0.4 is 4.90 Å². The van der Waals surface area contributed by atoms with Crippen molar-refractivity contribution in [1.82, 2.24) is 4.57 Å². The van der Waals surface area contributed by atoms with Gasteiger partial charge in [-0.25, -0.2) is 0 Å². The number of rotatable bonds is 5. The molecule has 3 heteroatoms. The zero-order chi connectivity index (χ0) is 13.9. The molecule has 0 radical (unpaired) electrons. The summed E-state index contributed by atoms with van der Waals surface area (Å²) in [6.07, 6.45) is 7.55. The zero-order valence-corrected chi connectivity index (χ0v) is 12.1. The van der Waals surface area contributed by atoms with E-state index >= 15 is 0 Å². The predicted molar refractivity (Wildman–Crippen MR) is 83.1 cm³/mol. The van der Waals surface area contributed by atoms with Crippen molar-refractivity contribution in [3.63, 3.8) is 0 Å². The van der Waals surface area contributed by atoms with Gasteiger partial charge in [-0.05, 0) is 31.0 Å². The van der Waals surface area contributed by atoms with Crippen LogP contribution in [0, 0.1) is 0 Å². The molecule has 3 nitrogen and oxygen atoms in total. The van der Waals surface area contributed by atoms with Crippen LogP contribution in [0.3, 0.4) is 0 Å². The third-order valence-electron chi connectivity index (χ3n) is 4.16. The second-order valence-corrected chi connectivity index (χ2v) is 5.58. The molecule has 1 aliphatic rings. The molecule has 0 N–H and O–H groups in total. The van der Waals surface area contributed by atoms with Crippen molar-refractivity contribution in [3.05, 3.63) is 30.5 Å². The van der Waals surface area contributed by atoms with E-state index in [1.807, 2.05) is 4.90 Å². The Labute approximate surface area is 120 Å². The van der Waals surface area contributed by atoms with E-state index in [4.69, 9.17) is 0 Å². The fourth-order valence-corrected chi connectivity index (χ4v) is 3.07. The summed E-state index contributed by atoms with van der Waals surface area (Å²) in [5.41, 5.74) is 2.33. The lowest BCUT2D eigenvalue weighted by atomic mass is 10.2. The van der Waals surface area contributed by atoms with Gasteiger partial charge in [0.1, 0.15) is 0 Å². The molecule has 0 saturated carbocycles. The van der Waals surface area contributed by atoms with Crippen LogP contribution in [0.15, 0.2) is 30.5 Å². The van der Waals surface area contributed by atoms with Crippen molar-refractivity contribution in [2.75, 3.05) is 11.4 Å². The minimum Gasteiger partial charge on any atom is -0.347 e. The number of hydrogen-bond donors (Lipinski definition) is 0. The molecule has 0 aliphatic carbocycles. The van der Waals surface area contributed by atoms with Gasteiger partial charge < -0.3 is 9.47 Å². The van der Waals surface area contributed by atoms with Crippen molar-refractivity contribution in [2.45, 2.75) is 45.6 Å². The van der Waals surface area contributed by atoms with Crippen LogP contribution >= 0.6 is 0 Å². The fourth-order valence-electron chi connectivity index (χ4n) is 3.07. The van der Waals surface area contributed by atoms with Crippen molar-refractivity contribution < 1.29 is 4.79 Å². The highest BCUT2D eigenvalue weighted by Gasteiger charge is 2.23. The summed E-state index contributed by atoms with van der Waals surface area (Å²) in [4.78, 5) is 13.9. The van der Waals surface area contributed by atoms with E-state index in [0.29, 0.717) is 6.42 Å². The molecule has 1 amide bonds. The number of aryl methyl sites for hydroxylation is 1. The Balaban J connectivity index is 1.93. The summed E-state index contributed by atoms with van der Waals surface area (Å²) in [5, 5.41) is 1.21. The Bertz CT molecular complexity index is 614. The Hall–Kier alpha value is -1.77. The van der Waals surface area contributed by atoms with Crippen molar-refractivity contribution in [2.24, 2.45) is 0 Å². The SMILES string of the molecule is CCCCCn1ccc2c(N3CCCC3=O)cccc21. The Kier molecular flexibility index (Phi) is 3.77. The second-order valence-electron chi connectivity index (χ2n) is 5.58. The molecule has 0 spiro atoms. The summed E-state index contributed by atoms with van der Waals surface area (Å²) < 4.78 is 2.31. The number of carbonyl (C=O) groups is 1. The van der Waals surface area contributed by atoms with E-state index < -0.39 is 0 Å². The lowest BCUT2D eigenvalue weighted by molar-refractivity contribution is -0.117. The summed E-state index contributed by atoms with van der Waals surface area (Å²) in [6, 6.07) is 8.45. The molecule has 106 valence electrons. The number of benzene rings is 1. The van der Waals surface area contributed by atoms with Crippen LogP contribution in [-0.4, -0.2) is 17.0 Å². The fraction of sp³-hybridized carbons (Fsp3) is 0.471. The molecule has 3 rings (SSSR count). The van der Waals surface area contributed by atoms with Crippen LogP contribution in [0.4, 0.5) is 5.69 Å². The van der Waals surface area contributed by atoms with E-state index in [1.165, 1.54) is 30.2 Å². The number of carbonyl (C=O) groups excluding carboxylic acids is 1. The monoisotopic (exact) mass is 270 g/mol. The molecule has 1 aromatic heterocycles. The summed E-state index contributed by atoms with van der Waals surface area (Å²) in [6.45, 7) is 4.15. The topological polar surface area (TPSA) is 25.2 Å². The van der Waals surface area contributed by atoms with E-state index in [2.05, 4.69) is 42.0 Å². The lowest BCUT2D eigenvalue weighted by Crippen LogP contribution is -2.23. The molecule has 1 saturated heterocycles. The van der Waals surface area contributed by atoms with Gasteiger partial charge in [0, 0.05) is 31.1 Å². The highest BCUT2D eigenvalue weighted by atomic mass is 16.2. The molecule has 20 heavy (non-hydrogen) atoms. The van der Waals surface area contributed by atoms with Gasteiger partial charge >= 0.3 is 0 Å². The minimum atomic E-state index is 0.260. The third kappa shape index (κ3) is 2.33. The van der Waals surface area contributed by atoms with Gasteiger partial charge in [0.15, 0.2) is 0 Å². The largest absolute Gasteiger partial charge is 0.347 e. The number of hydrogen-bond acceptors (Lipinski definition) is 1. The number of anilines is 1. The van der Waals surface area contributed by atoms with Crippen LogP contribution in [0.1, 0.15) is 39.0 Å². The molecule has 0 atom stereocenters. The quantitative estimate of drug-likeness (QED) is 0.755. The first kappa shape index (κ1) is 13.2. The number of aromatic nitrogens is 1. The molecule has 0 unspecified atom stereocenters. The van der Waals surface area contributed by atoms with E-state index in [-0.39, 0.29) is 5.91 Å². The Morgan fingerprint density at radius 2 is 2.10 bits per heavy atom. The molecule has 1 fully saturated rings. The van der Waals surface area contributed by atoms with Crippen molar-refractivity contribution >= 4 is 22.5 Å². The third-order valence-corrected chi connectivity index (χ3v) is 4.16. The van der Waals surface area contributed by atoms with Gasteiger partial charge in [0.25, 0.3) is 0 Å². The Morgan fingerprint density at radius 1 is 1.20 bits per heavy atom. The smallest absolute Gasteiger partial charge is 0.227 e. The number of nitrogens with zero attached hydrogens (tertiary/aromatic N) is 2. The normalized spacial score (nSPS) is 15.4. The predicted octanol–water partition coefficient (Wildman–Crippen LogP) is 3.96. The standard InChI is InChI=1S/C17H22N2O/c1-2-3-4-11-18-13-10-14-15(18)7-5-8-16(14)19-12-6-9-17(19)20/h5,7-8,10,13H,2-4,6,9,11-12H2,1H3. The number of unbranched alkanes of at least 4 members (excludes halogenated alkanes) is 2. The minimum absolute atomic E-state index is 0.260. The maximum atomic E-state index is 12.0. The van der Waals surface area contributed by atoms with Gasteiger partial charge in [-0.3, -0.25) is 4.79 Å². The lowest BCUT2D eigenvalue weighted by Gasteiger charge is -2.17. The zero-order valence-electron chi connectivity index (χ0n) is 12.1. The first-order chi connectivity index (χ1) is 9.81. The molecule has 0 bridgehead atoms. The van der Waals surface area contributed by atoms with Crippen LogP contribution in [0.25, 0.3) is 10.9 Å². The van der Waals surface area contributed by atoms with Gasteiger partial charge in [-0.15, -0.1) is 0 Å². The molecule has 2 heterocycles. The van der Waals surface area contributed by atoms with Crippen LogP contribution in [0.2, 0.25) is 0 Å². The summed E-state index contributed by atoms with van der Waals surface area (Å²) >= 11 is 0. The number of amides is 1. The van der Waals surface area contributed by atoms with E-state index in [9.17, 15) is 4.79 Å². The summed E-state index contributed by atoms with van der Waals surface area (Å²) in [5.74, 6) is 0.260. The highest BCUT2D eigenvalue weighted by molar-refractivity contribution is 6.04. The van der Waals surface area contributed by atoms with E-state index in [1.54, 1.807) is 0 Å². The molecule has 1 aromatic carbocycles. The van der Waals surface area contributed by atoms with Crippen molar-refractivity contribution in [1.29, 1.82) is 0 Å². The maximum Gasteiger partial charge on any atom is 0.227 e.